The van der Waals surface area contributed by atoms with Gasteiger partial charge in [-0.3, -0.25) is 20.4 Å². The van der Waals surface area contributed by atoms with E-state index in [9.17, 15) is 27.5 Å². The van der Waals surface area contributed by atoms with Gasteiger partial charge in [-0.05, 0) is 66.0 Å². The number of aromatic nitrogens is 1. The first-order valence-corrected chi connectivity index (χ1v) is 15.4. The first kappa shape index (κ1) is 33.8. The minimum atomic E-state index is -4.73. The molecule has 0 radical (unpaired) electrons. The van der Waals surface area contributed by atoms with E-state index in [0.717, 1.165) is 18.1 Å². The number of hydrogen-bond donors (Lipinski definition) is 3. The first-order chi connectivity index (χ1) is 21.9. The Morgan fingerprint density at radius 3 is 2.59 bits per heavy atom. The molecule has 2 bridgehead atoms. The predicted octanol–water partition coefficient (Wildman–Crippen LogP) is 6.30. The fraction of sp³-hybridized carbons (Fsp3) is 0.412. The standard InChI is InChI=1S/C34H36ClF4N3O4/c1-3-45-29(43)28-26(22-14-15-32(28,2)18-22)20-41-31(44)42-33(17-21-8-5-4-6-9-21,27-13-12-24(35)19-40-27)23-10-7-11-25(16-23)46-34(38,39)30(36)37/h4-16,19,22,26,28,30-31,41-42,44H,3,17-18,20H2,1-2H3/t22-,26-,28+,31?,32+,33-/m1/s1. The number of alkyl halides is 4. The summed E-state index contributed by atoms with van der Waals surface area (Å²) in [5.74, 6) is -1.24. The number of carbonyl (C=O) groups is 1. The Hall–Kier alpha value is -3.51. The number of allylic oxidation sites excluding steroid dienone is 2. The molecular formula is C34H36ClF4N3O4. The molecule has 0 amide bonds. The Morgan fingerprint density at radius 2 is 1.91 bits per heavy atom. The number of aliphatic hydroxyl groups is 1. The van der Waals surface area contributed by atoms with E-state index in [1.165, 1.54) is 18.3 Å². The molecule has 3 N–H and O–H groups in total. The van der Waals surface area contributed by atoms with Gasteiger partial charge in [0, 0.05) is 19.2 Å². The number of ether oxygens (including phenoxy) is 2. The van der Waals surface area contributed by atoms with E-state index in [1.807, 2.05) is 37.3 Å². The third-order valence-corrected chi connectivity index (χ3v) is 9.09. The summed E-state index contributed by atoms with van der Waals surface area (Å²) in [4.78, 5) is 17.5. The molecule has 1 aromatic heterocycles. The van der Waals surface area contributed by atoms with Crippen molar-refractivity contribution >= 4 is 17.6 Å². The normalized spacial score (nSPS) is 24.2. The molecule has 12 heteroatoms. The molecule has 0 aliphatic heterocycles. The molecule has 1 unspecified atom stereocenters. The Morgan fingerprint density at radius 1 is 1.15 bits per heavy atom. The number of nitrogens with one attached hydrogen (secondary N) is 2. The summed E-state index contributed by atoms with van der Waals surface area (Å²) >= 11 is 6.17. The molecule has 0 spiro atoms. The van der Waals surface area contributed by atoms with Crippen LogP contribution in [0.3, 0.4) is 0 Å². The molecule has 7 nitrogen and oxygen atoms in total. The fourth-order valence-electron chi connectivity index (χ4n) is 6.83. The van der Waals surface area contributed by atoms with Gasteiger partial charge in [0.15, 0.2) is 6.35 Å². The Balaban J connectivity index is 1.51. The highest BCUT2D eigenvalue weighted by Gasteiger charge is 2.56. The minimum Gasteiger partial charge on any atom is -0.466 e. The number of aliphatic hydroxyl groups excluding tert-OH is 1. The largest absolute Gasteiger partial charge is 0.466 e. The summed E-state index contributed by atoms with van der Waals surface area (Å²) < 4.78 is 63.8. The lowest BCUT2D eigenvalue weighted by molar-refractivity contribution is -0.253. The highest BCUT2D eigenvalue weighted by Crippen LogP contribution is 2.56. The summed E-state index contributed by atoms with van der Waals surface area (Å²) in [6, 6.07) is 17.8. The second-order valence-electron chi connectivity index (χ2n) is 12.0. The Labute approximate surface area is 270 Å². The van der Waals surface area contributed by atoms with Gasteiger partial charge in [0.2, 0.25) is 0 Å². The van der Waals surface area contributed by atoms with Crippen LogP contribution in [0.2, 0.25) is 5.02 Å². The van der Waals surface area contributed by atoms with Crippen LogP contribution in [0.5, 0.6) is 5.75 Å². The molecule has 246 valence electrons. The van der Waals surface area contributed by atoms with Crippen LogP contribution in [-0.4, -0.2) is 48.1 Å². The van der Waals surface area contributed by atoms with Gasteiger partial charge in [-0.1, -0.05) is 73.1 Å². The molecule has 3 aromatic rings. The molecule has 2 aliphatic rings. The quantitative estimate of drug-likeness (QED) is 0.0808. The van der Waals surface area contributed by atoms with E-state index in [2.05, 4.69) is 32.5 Å². The van der Waals surface area contributed by atoms with Crippen LogP contribution in [-0.2, 0) is 21.5 Å². The van der Waals surface area contributed by atoms with Gasteiger partial charge in [-0.2, -0.15) is 17.6 Å². The Bertz CT molecular complexity index is 1530. The van der Waals surface area contributed by atoms with Crippen molar-refractivity contribution in [3.63, 3.8) is 0 Å². The van der Waals surface area contributed by atoms with Crippen molar-refractivity contribution < 1.29 is 36.9 Å². The molecule has 2 aliphatic carbocycles. The summed E-state index contributed by atoms with van der Waals surface area (Å²) in [5, 5.41) is 18.2. The monoisotopic (exact) mass is 661 g/mol. The van der Waals surface area contributed by atoms with Crippen LogP contribution in [0, 0.1) is 23.2 Å². The van der Waals surface area contributed by atoms with Gasteiger partial charge >= 0.3 is 18.5 Å². The number of esters is 1. The van der Waals surface area contributed by atoms with E-state index in [1.54, 1.807) is 25.1 Å². The minimum absolute atomic E-state index is 0.108. The van der Waals surface area contributed by atoms with Crippen LogP contribution in [0.4, 0.5) is 17.6 Å². The van der Waals surface area contributed by atoms with Crippen LogP contribution >= 0.6 is 11.6 Å². The topological polar surface area (TPSA) is 92.7 Å². The molecule has 0 saturated heterocycles. The molecule has 1 fully saturated rings. The van der Waals surface area contributed by atoms with Crippen molar-refractivity contribution in [2.24, 2.45) is 23.2 Å². The number of rotatable bonds is 14. The lowest BCUT2D eigenvalue weighted by Crippen LogP contribution is -2.57. The lowest BCUT2D eigenvalue weighted by Gasteiger charge is -2.38. The van der Waals surface area contributed by atoms with Crippen LogP contribution < -0.4 is 15.4 Å². The molecule has 2 aromatic carbocycles. The van der Waals surface area contributed by atoms with Crippen molar-refractivity contribution in [3.8, 4) is 5.75 Å². The summed E-state index contributed by atoms with van der Waals surface area (Å²) in [5.41, 5.74) is -0.323. The van der Waals surface area contributed by atoms with Crippen molar-refractivity contribution in [2.45, 2.75) is 51.1 Å². The van der Waals surface area contributed by atoms with E-state index in [0.29, 0.717) is 16.3 Å². The molecule has 1 heterocycles. The number of benzene rings is 2. The summed E-state index contributed by atoms with van der Waals surface area (Å²) in [6.45, 7) is 4.30. The molecule has 1 saturated carbocycles. The maximum atomic E-state index is 14.0. The first-order valence-electron chi connectivity index (χ1n) is 15.0. The second kappa shape index (κ2) is 13.7. The zero-order valence-electron chi connectivity index (χ0n) is 25.3. The van der Waals surface area contributed by atoms with Crippen LogP contribution in [0.1, 0.15) is 37.1 Å². The average Bonchev–Trinajstić information content (AvgIpc) is 3.54. The zero-order valence-corrected chi connectivity index (χ0v) is 26.1. The SMILES string of the molecule is CCOC(=O)[C@@H]1[C@H](CNC(O)N[C@](Cc2ccccc2)(c2cccc(OC(F)(F)C(F)F)c2)c2ccc(Cl)cn2)[C@@H]2C=C[C@@]1(C)C2. The third kappa shape index (κ3) is 7.07. The maximum absolute atomic E-state index is 14.0. The number of carbonyl (C=O) groups excluding carboxylic acids is 1. The lowest BCUT2D eigenvalue weighted by atomic mass is 9.75. The van der Waals surface area contributed by atoms with E-state index in [4.69, 9.17) is 16.3 Å². The molecular weight excluding hydrogens is 626 g/mol. The predicted molar refractivity (Wildman–Crippen MR) is 164 cm³/mol. The smallest absolute Gasteiger partial charge is 0.461 e. The van der Waals surface area contributed by atoms with Crippen LogP contribution in [0.15, 0.2) is 85.1 Å². The average molecular weight is 662 g/mol. The van der Waals surface area contributed by atoms with Gasteiger partial charge in [0.05, 0.1) is 28.8 Å². The van der Waals surface area contributed by atoms with Crippen molar-refractivity contribution in [1.82, 2.24) is 15.6 Å². The van der Waals surface area contributed by atoms with Gasteiger partial charge in [0.1, 0.15) is 5.75 Å². The Kier molecular flexibility index (Phi) is 10.1. The van der Waals surface area contributed by atoms with E-state index >= 15 is 0 Å². The van der Waals surface area contributed by atoms with E-state index in [-0.39, 0.29) is 42.8 Å². The van der Waals surface area contributed by atoms with Crippen molar-refractivity contribution in [3.05, 3.63) is 107 Å². The molecule has 6 atom stereocenters. The number of nitrogens with zero attached hydrogens (tertiary/aromatic N) is 1. The highest BCUT2D eigenvalue weighted by molar-refractivity contribution is 6.30. The van der Waals surface area contributed by atoms with Gasteiger partial charge in [0.25, 0.3) is 0 Å². The van der Waals surface area contributed by atoms with E-state index < -0.39 is 36.1 Å². The highest BCUT2D eigenvalue weighted by atomic mass is 35.5. The van der Waals surface area contributed by atoms with Gasteiger partial charge in [-0.15, -0.1) is 0 Å². The fourth-order valence-corrected chi connectivity index (χ4v) is 6.94. The zero-order chi connectivity index (χ0) is 33.1. The summed E-state index contributed by atoms with van der Waals surface area (Å²) in [7, 11) is 0. The van der Waals surface area contributed by atoms with Crippen LogP contribution in [0.25, 0.3) is 0 Å². The summed E-state index contributed by atoms with van der Waals surface area (Å²) in [6.07, 6.45) is -3.68. The maximum Gasteiger partial charge on any atom is 0.461 e. The molecule has 46 heavy (non-hydrogen) atoms. The number of fused-ring (bicyclic) bond motifs is 2. The number of halogens is 5. The second-order valence-corrected chi connectivity index (χ2v) is 12.4. The van der Waals surface area contributed by atoms with Gasteiger partial charge < -0.3 is 14.6 Å². The molecule has 5 rings (SSSR count). The van der Waals surface area contributed by atoms with Gasteiger partial charge in [-0.25, -0.2) is 0 Å². The van der Waals surface area contributed by atoms with Crippen molar-refractivity contribution in [1.29, 1.82) is 0 Å². The third-order valence-electron chi connectivity index (χ3n) is 8.87. The number of hydrogen-bond acceptors (Lipinski definition) is 7. The van der Waals surface area contributed by atoms with Crippen molar-refractivity contribution in [2.75, 3.05) is 13.2 Å². The number of pyridine rings is 1.